The third kappa shape index (κ3) is 2.67. The number of rotatable bonds is 3. The molecule has 1 aromatic rings. The van der Waals surface area contributed by atoms with Gasteiger partial charge in [-0.25, -0.2) is 0 Å². The third-order valence-electron chi connectivity index (χ3n) is 2.96. The Hall–Kier alpha value is -1.49. The maximum atomic E-state index is 11.9. The molecule has 4 nitrogen and oxygen atoms in total. The van der Waals surface area contributed by atoms with Crippen LogP contribution in [0.3, 0.4) is 0 Å². The first-order valence-electron chi connectivity index (χ1n) is 5.79. The highest BCUT2D eigenvalue weighted by atomic mass is 32.1. The van der Waals surface area contributed by atoms with Crippen LogP contribution in [0.2, 0.25) is 0 Å². The highest BCUT2D eigenvalue weighted by Gasteiger charge is 2.38. The minimum absolute atomic E-state index is 0.131. The summed E-state index contributed by atoms with van der Waals surface area (Å²) in [5, 5.41) is 1.80. The van der Waals surface area contributed by atoms with Crippen molar-refractivity contribution in [3.05, 3.63) is 22.4 Å². The van der Waals surface area contributed by atoms with Gasteiger partial charge in [-0.05, 0) is 16.9 Å². The van der Waals surface area contributed by atoms with Gasteiger partial charge in [-0.3, -0.25) is 19.3 Å². The number of amides is 2. The fourth-order valence-electron chi connectivity index (χ4n) is 2.05. The average Bonchev–Trinajstić information content (AvgIpc) is 2.75. The molecule has 1 aliphatic heterocycles. The second-order valence-corrected chi connectivity index (χ2v) is 6.24. The quantitative estimate of drug-likeness (QED) is 0.621. The van der Waals surface area contributed by atoms with Crippen molar-refractivity contribution in [3.63, 3.8) is 0 Å². The van der Waals surface area contributed by atoms with Gasteiger partial charge in [0.1, 0.15) is 0 Å². The topological polar surface area (TPSA) is 54.5 Å². The Morgan fingerprint density at radius 1 is 1.33 bits per heavy atom. The van der Waals surface area contributed by atoms with E-state index < -0.39 is 0 Å². The van der Waals surface area contributed by atoms with E-state index in [1.807, 2.05) is 13.8 Å². The van der Waals surface area contributed by atoms with Gasteiger partial charge in [-0.15, -0.1) is 11.3 Å². The molecule has 1 fully saturated rings. The minimum atomic E-state index is -0.295. The van der Waals surface area contributed by atoms with Gasteiger partial charge in [0.2, 0.25) is 11.8 Å². The Labute approximate surface area is 110 Å². The lowest BCUT2D eigenvalue weighted by Gasteiger charge is -2.34. The van der Waals surface area contributed by atoms with Crippen LogP contribution in [0.5, 0.6) is 0 Å². The van der Waals surface area contributed by atoms with E-state index >= 15 is 0 Å². The zero-order chi connectivity index (χ0) is 13.3. The number of ketones is 1. The molecular weight excluding hydrogens is 250 g/mol. The zero-order valence-electron chi connectivity index (χ0n) is 10.4. The van der Waals surface area contributed by atoms with Crippen molar-refractivity contribution in [1.82, 2.24) is 4.90 Å². The number of hydrogen-bond acceptors (Lipinski definition) is 4. The molecule has 0 N–H and O–H groups in total. The zero-order valence-corrected chi connectivity index (χ0v) is 11.3. The van der Waals surface area contributed by atoms with Crippen LogP contribution in [0, 0.1) is 5.41 Å². The molecule has 18 heavy (non-hydrogen) atoms. The molecule has 0 saturated carbocycles. The first-order valence-corrected chi connectivity index (χ1v) is 6.67. The molecule has 0 aliphatic carbocycles. The number of piperidine rings is 1. The molecule has 2 amide bonds. The normalized spacial score (nSPS) is 19.1. The summed E-state index contributed by atoms with van der Waals surface area (Å²) >= 11 is 1.32. The highest BCUT2D eigenvalue weighted by Crippen LogP contribution is 2.31. The van der Waals surface area contributed by atoms with E-state index in [0.717, 1.165) is 4.90 Å². The fourth-order valence-corrected chi connectivity index (χ4v) is 2.70. The maximum Gasteiger partial charge on any atom is 0.230 e. The number of thiophene rings is 1. The van der Waals surface area contributed by atoms with Gasteiger partial charge in [-0.1, -0.05) is 19.9 Å². The molecule has 2 heterocycles. The van der Waals surface area contributed by atoms with Crippen molar-refractivity contribution in [2.45, 2.75) is 26.7 Å². The summed E-state index contributed by atoms with van der Waals surface area (Å²) in [6.45, 7) is 3.65. The van der Waals surface area contributed by atoms with Gasteiger partial charge in [-0.2, -0.15) is 0 Å². The van der Waals surface area contributed by atoms with Crippen LogP contribution < -0.4 is 0 Å². The predicted octanol–water partition coefficient (Wildman–Crippen LogP) is 2.11. The number of imide groups is 1. The van der Waals surface area contributed by atoms with Crippen molar-refractivity contribution in [2.24, 2.45) is 5.41 Å². The Kier molecular flexibility index (Phi) is 3.34. The van der Waals surface area contributed by atoms with Crippen LogP contribution in [0.4, 0.5) is 0 Å². The van der Waals surface area contributed by atoms with E-state index in [-0.39, 0.29) is 29.6 Å². The Morgan fingerprint density at radius 2 is 1.94 bits per heavy atom. The second-order valence-electron chi connectivity index (χ2n) is 5.29. The molecule has 0 atom stereocenters. The van der Waals surface area contributed by atoms with Gasteiger partial charge >= 0.3 is 0 Å². The monoisotopic (exact) mass is 265 g/mol. The summed E-state index contributed by atoms with van der Waals surface area (Å²) in [5.74, 6) is -0.672. The number of carbonyl (C=O) groups excluding carboxylic acids is 3. The summed E-state index contributed by atoms with van der Waals surface area (Å²) in [5.41, 5.74) is -0.295. The van der Waals surface area contributed by atoms with E-state index in [1.165, 1.54) is 11.3 Å². The first-order chi connectivity index (χ1) is 8.39. The van der Waals surface area contributed by atoms with Gasteiger partial charge in [0.15, 0.2) is 5.78 Å². The number of carbonyl (C=O) groups is 3. The van der Waals surface area contributed by atoms with Gasteiger partial charge in [0.05, 0.1) is 11.4 Å². The smallest absolute Gasteiger partial charge is 0.230 e. The van der Waals surface area contributed by atoms with Crippen molar-refractivity contribution < 1.29 is 14.4 Å². The summed E-state index contributed by atoms with van der Waals surface area (Å²) < 4.78 is 0. The van der Waals surface area contributed by atoms with E-state index in [1.54, 1.807) is 17.5 Å². The Bertz CT molecular complexity index is 470. The number of nitrogens with zero attached hydrogens (tertiary/aromatic N) is 1. The standard InChI is InChI=1S/C13H15NO3S/c1-13(2)6-11(16)14(12(17)7-13)8-9(15)10-4-3-5-18-10/h3-5H,6-8H2,1-2H3. The largest absolute Gasteiger partial charge is 0.291 e. The fraction of sp³-hybridized carbons (Fsp3) is 0.462. The molecule has 96 valence electrons. The highest BCUT2D eigenvalue weighted by molar-refractivity contribution is 7.12. The lowest BCUT2D eigenvalue weighted by Crippen LogP contribution is -2.48. The third-order valence-corrected chi connectivity index (χ3v) is 3.87. The van der Waals surface area contributed by atoms with Crippen molar-refractivity contribution in [3.8, 4) is 0 Å². The van der Waals surface area contributed by atoms with E-state index in [4.69, 9.17) is 0 Å². The van der Waals surface area contributed by atoms with Crippen LogP contribution in [0.25, 0.3) is 0 Å². The van der Waals surface area contributed by atoms with Crippen molar-refractivity contribution >= 4 is 28.9 Å². The SMILES string of the molecule is CC1(C)CC(=O)N(CC(=O)c2cccs2)C(=O)C1. The van der Waals surface area contributed by atoms with Crippen LogP contribution in [-0.4, -0.2) is 29.0 Å². The molecular formula is C13H15NO3S. The maximum absolute atomic E-state index is 11.9. The van der Waals surface area contributed by atoms with Gasteiger partial charge in [0.25, 0.3) is 0 Å². The van der Waals surface area contributed by atoms with Crippen molar-refractivity contribution in [1.29, 1.82) is 0 Å². The average molecular weight is 265 g/mol. The summed E-state index contributed by atoms with van der Waals surface area (Å²) in [6.07, 6.45) is 0.632. The molecule has 1 aliphatic rings. The summed E-state index contributed by atoms with van der Waals surface area (Å²) in [7, 11) is 0. The molecule has 0 radical (unpaired) electrons. The molecule has 2 rings (SSSR count). The number of Topliss-reactive ketones (excluding diaryl/α,β-unsaturated/α-hetero) is 1. The van der Waals surface area contributed by atoms with Crippen LogP contribution >= 0.6 is 11.3 Å². The lowest BCUT2D eigenvalue weighted by atomic mass is 9.81. The van der Waals surface area contributed by atoms with E-state index in [2.05, 4.69) is 0 Å². The molecule has 5 heteroatoms. The summed E-state index contributed by atoms with van der Waals surface area (Å²) in [6, 6.07) is 3.48. The molecule has 1 saturated heterocycles. The molecule has 0 spiro atoms. The first kappa shape index (κ1) is 13.0. The second kappa shape index (κ2) is 4.65. The number of hydrogen-bond donors (Lipinski definition) is 0. The van der Waals surface area contributed by atoms with Crippen LogP contribution in [0.1, 0.15) is 36.4 Å². The van der Waals surface area contributed by atoms with Gasteiger partial charge in [0, 0.05) is 12.8 Å². The van der Waals surface area contributed by atoms with E-state index in [0.29, 0.717) is 17.7 Å². The Morgan fingerprint density at radius 3 is 2.44 bits per heavy atom. The van der Waals surface area contributed by atoms with Gasteiger partial charge < -0.3 is 0 Å². The molecule has 0 unspecified atom stereocenters. The predicted molar refractivity (Wildman–Crippen MR) is 68.4 cm³/mol. The van der Waals surface area contributed by atoms with Crippen LogP contribution in [-0.2, 0) is 9.59 Å². The molecule has 1 aromatic heterocycles. The number of likely N-dealkylation sites (tertiary alicyclic amines) is 1. The summed E-state index contributed by atoms with van der Waals surface area (Å²) in [4.78, 5) is 37.3. The lowest BCUT2D eigenvalue weighted by molar-refractivity contribution is -0.151. The van der Waals surface area contributed by atoms with Crippen LogP contribution in [0.15, 0.2) is 17.5 Å². The Balaban J connectivity index is 2.08. The molecule has 0 bridgehead atoms. The van der Waals surface area contributed by atoms with Crippen molar-refractivity contribution in [2.75, 3.05) is 6.54 Å². The molecule has 0 aromatic carbocycles. The minimum Gasteiger partial charge on any atom is -0.291 e. The van der Waals surface area contributed by atoms with E-state index in [9.17, 15) is 14.4 Å².